The van der Waals surface area contributed by atoms with E-state index in [0.717, 1.165) is 11.3 Å². The van der Waals surface area contributed by atoms with E-state index in [1.807, 2.05) is 30.7 Å². The molecule has 0 aliphatic heterocycles. The van der Waals surface area contributed by atoms with Crippen LogP contribution in [0.1, 0.15) is 21.7 Å². The molecule has 0 atom stereocenters. The summed E-state index contributed by atoms with van der Waals surface area (Å²) in [4.78, 5) is 13.9. The molecule has 0 unspecified atom stereocenters. The van der Waals surface area contributed by atoms with Crippen molar-refractivity contribution in [2.24, 2.45) is 7.05 Å². The predicted octanol–water partition coefficient (Wildman–Crippen LogP) is 1.33. The Morgan fingerprint density at radius 2 is 2.29 bits per heavy atom. The third-order valence-electron chi connectivity index (χ3n) is 2.91. The number of aromatic amines is 1. The standard InChI is InChI=1S/C12H16N4O/c1-9-4-5-11(16(9)3)12(17)15(2)8-10-6-13-14-7-10/h4-7H,8H2,1-3H3,(H,13,14). The molecule has 2 aromatic rings. The van der Waals surface area contributed by atoms with Crippen LogP contribution in [0.25, 0.3) is 0 Å². The van der Waals surface area contributed by atoms with Crippen LogP contribution in [0, 0.1) is 6.92 Å². The average Bonchev–Trinajstić information content (AvgIpc) is 2.90. The van der Waals surface area contributed by atoms with Crippen LogP contribution in [-0.2, 0) is 13.6 Å². The summed E-state index contributed by atoms with van der Waals surface area (Å²) in [6, 6.07) is 3.79. The normalized spacial score (nSPS) is 10.5. The van der Waals surface area contributed by atoms with Crippen molar-refractivity contribution in [3.8, 4) is 0 Å². The van der Waals surface area contributed by atoms with Crippen molar-refractivity contribution in [3.63, 3.8) is 0 Å². The SMILES string of the molecule is Cc1ccc(C(=O)N(C)Cc2cn[nH]c2)n1C. The lowest BCUT2D eigenvalue weighted by Crippen LogP contribution is -2.27. The molecule has 2 aromatic heterocycles. The number of rotatable bonds is 3. The molecule has 0 aliphatic carbocycles. The largest absolute Gasteiger partial charge is 0.344 e. The summed E-state index contributed by atoms with van der Waals surface area (Å²) in [5.41, 5.74) is 2.77. The van der Waals surface area contributed by atoms with Gasteiger partial charge < -0.3 is 9.47 Å². The number of hydrogen-bond acceptors (Lipinski definition) is 2. The van der Waals surface area contributed by atoms with Gasteiger partial charge in [0, 0.05) is 38.1 Å². The van der Waals surface area contributed by atoms with Gasteiger partial charge in [-0.15, -0.1) is 0 Å². The molecular formula is C12H16N4O. The highest BCUT2D eigenvalue weighted by Crippen LogP contribution is 2.10. The lowest BCUT2D eigenvalue weighted by molar-refractivity contribution is 0.0775. The predicted molar refractivity (Wildman–Crippen MR) is 64.5 cm³/mol. The molecule has 1 amide bonds. The van der Waals surface area contributed by atoms with Crippen molar-refractivity contribution in [3.05, 3.63) is 41.5 Å². The molecule has 5 nitrogen and oxygen atoms in total. The molecule has 2 heterocycles. The lowest BCUT2D eigenvalue weighted by Gasteiger charge is -2.16. The first kappa shape index (κ1) is 11.4. The van der Waals surface area contributed by atoms with Crippen LogP contribution in [0.4, 0.5) is 0 Å². The molecule has 90 valence electrons. The van der Waals surface area contributed by atoms with Crippen LogP contribution in [-0.4, -0.2) is 32.6 Å². The highest BCUT2D eigenvalue weighted by atomic mass is 16.2. The van der Waals surface area contributed by atoms with E-state index in [-0.39, 0.29) is 5.91 Å². The maximum atomic E-state index is 12.2. The molecular weight excluding hydrogens is 216 g/mol. The monoisotopic (exact) mass is 232 g/mol. The first-order chi connectivity index (χ1) is 8.09. The molecule has 17 heavy (non-hydrogen) atoms. The van der Waals surface area contributed by atoms with Crippen molar-refractivity contribution in [1.29, 1.82) is 0 Å². The van der Waals surface area contributed by atoms with Gasteiger partial charge in [0.15, 0.2) is 0 Å². The summed E-state index contributed by atoms with van der Waals surface area (Å²) < 4.78 is 1.90. The van der Waals surface area contributed by atoms with E-state index in [1.165, 1.54) is 0 Å². The minimum atomic E-state index is 0.0156. The Labute approximate surface area is 100 Å². The summed E-state index contributed by atoms with van der Waals surface area (Å²) in [5.74, 6) is 0.0156. The number of nitrogens with one attached hydrogen (secondary N) is 1. The zero-order valence-corrected chi connectivity index (χ0v) is 10.3. The summed E-state index contributed by atoms with van der Waals surface area (Å²) in [5, 5.41) is 6.60. The van der Waals surface area contributed by atoms with E-state index in [4.69, 9.17) is 0 Å². The van der Waals surface area contributed by atoms with Gasteiger partial charge >= 0.3 is 0 Å². The topological polar surface area (TPSA) is 53.9 Å². The van der Waals surface area contributed by atoms with Gasteiger partial charge in [0.2, 0.25) is 0 Å². The number of carbonyl (C=O) groups is 1. The quantitative estimate of drug-likeness (QED) is 0.868. The van der Waals surface area contributed by atoms with Gasteiger partial charge in [-0.3, -0.25) is 9.89 Å². The van der Waals surface area contributed by atoms with E-state index in [2.05, 4.69) is 10.2 Å². The first-order valence-corrected chi connectivity index (χ1v) is 5.45. The van der Waals surface area contributed by atoms with Gasteiger partial charge in [0.05, 0.1) is 6.20 Å². The number of hydrogen-bond donors (Lipinski definition) is 1. The molecule has 0 fully saturated rings. The third kappa shape index (κ3) is 2.22. The van der Waals surface area contributed by atoms with E-state index < -0.39 is 0 Å². The Morgan fingerprint density at radius 3 is 2.82 bits per heavy atom. The molecule has 0 saturated heterocycles. The van der Waals surface area contributed by atoms with Gasteiger partial charge in [-0.05, 0) is 19.1 Å². The van der Waals surface area contributed by atoms with Crippen molar-refractivity contribution in [2.45, 2.75) is 13.5 Å². The van der Waals surface area contributed by atoms with E-state index in [9.17, 15) is 4.79 Å². The molecule has 0 radical (unpaired) electrons. The van der Waals surface area contributed by atoms with Crippen LogP contribution in [0.15, 0.2) is 24.5 Å². The zero-order chi connectivity index (χ0) is 12.4. The Balaban J connectivity index is 2.12. The molecule has 0 aliphatic rings. The lowest BCUT2D eigenvalue weighted by atomic mass is 10.3. The van der Waals surface area contributed by atoms with Crippen LogP contribution in [0.5, 0.6) is 0 Å². The summed E-state index contributed by atoms with van der Waals surface area (Å²) in [6.07, 6.45) is 3.51. The van der Waals surface area contributed by atoms with Crippen molar-refractivity contribution in [2.75, 3.05) is 7.05 Å². The average molecular weight is 232 g/mol. The van der Waals surface area contributed by atoms with Crippen molar-refractivity contribution >= 4 is 5.91 Å². The number of carbonyl (C=O) groups excluding carboxylic acids is 1. The summed E-state index contributed by atoms with van der Waals surface area (Å²) in [7, 11) is 3.69. The fourth-order valence-corrected chi connectivity index (χ4v) is 1.73. The second kappa shape index (κ2) is 4.45. The van der Waals surface area contributed by atoms with E-state index in [1.54, 1.807) is 24.3 Å². The highest BCUT2D eigenvalue weighted by molar-refractivity contribution is 5.92. The Kier molecular flexibility index (Phi) is 2.99. The van der Waals surface area contributed by atoms with Gasteiger partial charge in [-0.2, -0.15) is 5.10 Å². The van der Waals surface area contributed by atoms with Crippen LogP contribution < -0.4 is 0 Å². The molecule has 0 spiro atoms. The number of aromatic nitrogens is 3. The summed E-state index contributed by atoms with van der Waals surface area (Å²) >= 11 is 0. The van der Waals surface area contributed by atoms with E-state index >= 15 is 0 Å². The minimum absolute atomic E-state index is 0.0156. The van der Waals surface area contributed by atoms with Crippen molar-refractivity contribution < 1.29 is 4.79 Å². The number of amides is 1. The third-order valence-corrected chi connectivity index (χ3v) is 2.91. The number of aryl methyl sites for hydroxylation is 1. The zero-order valence-electron chi connectivity index (χ0n) is 10.3. The van der Waals surface area contributed by atoms with E-state index in [0.29, 0.717) is 12.2 Å². The molecule has 1 N–H and O–H groups in total. The van der Waals surface area contributed by atoms with Crippen LogP contribution in [0.2, 0.25) is 0 Å². The molecule has 5 heteroatoms. The maximum absolute atomic E-state index is 12.2. The fraction of sp³-hybridized carbons (Fsp3) is 0.333. The van der Waals surface area contributed by atoms with Crippen LogP contribution in [0.3, 0.4) is 0 Å². The fourth-order valence-electron chi connectivity index (χ4n) is 1.73. The summed E-state index contributed by atoms with van der Waals surface area (Å²) in [6.45, 7) is 2.53. The maximum Gasteiger partial charge on any atom is 0.270 e. The molecule has 0 saturated carbocycles. The van der Waals surface area contributed by atoms with Gasteiger partial charge in [-0.1, -0.05) is 0 Å². The smallest absolute Gasteiger partial charge is 0.270 e. The van der Waals surface area contributed by atoms with Crippen molar-refractivity contribution in [1.82, 2.24) is 19.7 Å². The van der Waals surface area contributed by atoms with Crippen LogP contribution >= 0.6 is 0 Å². The highest BCUT2D eigenvalue weighted by Gasteiger charge is 2.15. The molecule has 0 bridgehead atoms. The molecule has 0 aromatic carbocycles. The number of nitrogens with zero attached hydrogens (tertiary/aromatic N) is 3. The second-order valence-corrected chi connectivity index (χ2v) is 4.19. The minimum Gasteiger partial charge on any atom is -0.344 e. The second-order valence-electron chi connectivity index (χ2n) is 4.19. The Bertz CT molecular complexity index is 513. The molecule has 2 rings (SSSR count). The van der Waals surface area contributed by atoms with Gasteiger partial charge in [0.1, 0.15) is 5.69 Å². The number of H-pyrrole nitrogens is 1. The Hall–Kier alpha value is -2.04. The van der Waals surface area contributed by atoms with Gasteiger partial charge in [0.25, 0.3) is 5.91 Å². The first-order valence-electron chi connectivity index (χ1n) is 5.45. The van der Waals surface area contributed by atoms with Gasteiger partial charge in [-0.25, -0.2) is 0 Å². The Morgan fingerprint density at radius 1 is 1.53 bits per heavy atom.